The molecule has 1 aliphatic heterocycles. The average Bonchev–Trinajstić information content (AvgIpc) is 3.09. The van der Waals surface area contributed by atoms with E-state index in [1.165, 1.54) is 11.3 Å². The zero-order valence-electron chi connectivity index (χ0n) is 12.8. The second kappa shape index (κ2) is 6.64. The lowest BCUT2D eigenvalue weighted by molar-refractivity contribution is -0.121. The molecule has 22 heavy (non-hydrogen) atoms. The minimum atomic E-state index is -0.326. The predicted octanol–water partition coefficient (Wildman–Crippen LogP) is 2.44. The molecular weight excluding hydrogens is 302 g/mol. The van der Waals surface area contributed by atoms with Gasteiger partial charge in [-0.3, -0.25) is 4.79 Å². The van der Waals surface area contributed by atoms with Crippen LogP contribution in [0.4, 0.5) is 9.93 Å². The van der Waals surface area contributed by atoms with Crippen LogP contribution in [0.2, 0.25) is 0 Å². The fraction of sp³-hybridized carbons (Fsp3) is 0.667. The van der Waals surface area contributed by atoms with E-state index in [0.29, 0.717) is 24.8 Å². The van der Waals surface area contributed by atoms with E-state index in [-0.39, 0.29) is 17.9 Å². The molecule has 1 aromatic heterocycles. The van der Waals surface area contributed by atoms with Crippen LogP contribution in [0.25, 0.3) is 0 Å². The average molecular weight is 323 g/mol. The third kappa shape index (κ3) is 3.24. The Balaban J connectivity index is 1.58. The third-order valence-corrected chi connectivity index (χ3v) is 5.22. The van der Waals surface area contributed by atoms with Gasteiger partial charge in [0.15, 0.2) is 5.13 Å². The molecule has 1 aromatic rings. The molecule has 1 fully saturated rings. The molecule has 1 aliphatic carbocycles. The van der Waals surface area contributed by atoms with Gasteiger partial charge in [0.05, 0.1) is 18.2 Å². The summed E-state index contributed by atoms with van der Waals surface area (Å²) in [6.07, 6.45) is 4.55. The summed E-state index contributed by atoms with van der Waals surface area (Å²) in [6, 6.07) is 0. The molecule has 0 bridgehead atoms. The Labute approximate surface area is 133 Å². The molecule has 1 saturated heterocycles. The fourth-order valence-corrected chi connectivity index (χ4v) is 4.08. The number of nitrogens with zero attached hydrogens (tertiary/aromatic N) is 2. The number of anilines is 1. The van der Waals surface area contributed by atoms with E-state index in [1.807, 2.05) is 0 Å². The Morgan fingerprint density at radius 2 is 2.27 bits per heavy atom. The molecule has 0 saturated carbocycles. The highest BCUT2D eigenvalue weighted by Crippen LogP contribution is 2.31. The van der Waals surface area contributed by atoms with Gasteiger partial charge in [-0.05, 0) is 39.0 Å². The van der Waals surface area contributed by atoms with Crippen molar-refractivity contribution in [2.24, 2.45) is 5.92 Å². The van der Waals surface area contributed by atoms with Gasteiger partial charge in [0, 0.05) is 18.0 Å². The number of piperidine rings is 1. The zero-order valence-corrected chi connectivity index (χ0v) is 13.6. The highest BCUT2D eigenvalue weighted by Gasteiger charge is 2.30. The highest BCUT2D eigenvalue weighted by atomic mass is 32.1. The number of rotatable bonds is 3. The van der Waals surface area contributed by atoms with Crippen LogP contribution in [0.3, 0.4) is 0 Å². The van der Waals surface area contributed by atoms with Gasteiger partial charge in [-0.1, -0.05) is 0 Å². The Morgan fingerprint density at radius 1 is 1.41 bits per heavy atom. The molecule has 0 aromatic carbocycles. The van der Waals surface area contributed by atoms with Gasteiger partial charge in [0.25, 0.3) is 0 Å². The summed E-state index contributed by atoms with van der Waals surface area (Å²) in [4.78, 5) is 31.6. The smallest absolute Gasteiger partial charge is 0.409 e. The first-order valence-corrected chi connectivity index (χ1v) is 8.70. The lowest BCUT2D eigenvalue weighted by atomic mass is 9.97. The Morgan fingerprint density at radius 3 is 3.05 bits per heavy atom. The van der Waals surface area contributed by atoms with Crippen LogP contribution in [-0.4, -0.2) is 41.6 Å². The first kappa shape index (κ1) is 15.3. The maximum absolute atomic E-state index is 12.4. The van der Waals surface area contributed by atoms with Crippen molar-refractivity contribution >= 4 is 28.5 Å². The molecule has 1 unspecified atom stereocenters. The molecular formula is C15H21N3O3S. The molecule has 2 amide bonds. The van der Waals surface area contributed by atoms with Crippen LogP contribution in [0, 0.1) is 5.92 Å². The number of ether oxygens (including phenoxy) is 1. The summed E-state index contributed by atoms with van der Waals surface area (Å²) in [6.45, 7) is 3.23. The van der Waals surface area contributed by atoms with Crippen LogP contribution in [0.1, 0.15) is 36.8 Å². The van der Waals surface area contributed by atoms with E-state index >= 15 is 0 Å². The lowest BCUT2D eigenvalue weighted by Crippen LogP contribution is -2.44. The third-order valence-electron chi connectivity index (χ3n) is 4.14. The zero-order chi connectivity index (χ0) is 15.5. The first-order chi connectivity index (χ1) is 10.7. The van der Waals surface area contributed by atoms with E-state index in [2.05, 4.69) is 10.3 Å². The van der Waals surface area contributed by atoms with E-state index < -0.39 is 0 Å². The van der Waals surface area contributed by atoms with E-state index in [0.717, 1.165) is 31.4 Å². The number of nitrogens with one attached hydrogen (secondary N) is 1. The number of aromatic nitrogens is 1. The quantitative estimate of drug-likeness (QED) is 0.927. The summed E-state index contributed by atoms with van der Waals surface area (Å²) < 4.78 is 5.01. The minimum absolute atomic E-state index is 0.0404. The molecule has 0 radical (unpaired) electrons. The normalized spacial score (nSPS) is 20.6. The molecule has 120 valence electrons. The number of fused-ring (bicyclic) bond motifs is 1. The maximum Gasteiger partial charge on any atom is 0.409 e. The molecule has 6 nitrogen and oxygen atoms in total. The standard InChI is InChI=1S/C15H21N3O3S/c1-2-21-15(20)18-8-4-5-10(9-18)13(19)17-14-16-11-6-3-7-12(11)22-14/h10H,2-9H2,1H3,(H,16,17,19). The minimum Gasteiger partial charge on any atom is -0.450 e. The fourth-order valence-electron chi connectivity index (χ4n) is 3.02. The Kier molecular flexibility index (Phi) is 4.61. The van der Waals surface area contributed by atoms with Gasteiger partial charge < -0.3 is 15.0 Å². The van der Waals surface area contributed by atoms with E-state index in [1.54, 1.807) is 23.2 Å². The summed E-state index contributed by atoms with van der Waals surface area (Å²) in [5.41, 5.74) is 1.14. The number of likely N-dealkylation sites (tertiary alicyclic amines) is 1. The van der Waals surface area contributed by atoms with Crippen molar-refractivity contribution in [1.29, 1.82) is 0 Å². The monoisotopic (exact) mass is 323 g/mol. The summed E-state index contributed by atoms with van der Waals surface area (Å²) in [7, 11) is 0. The van der Waals surface area contributed by atoms with Crippen molar-refractivity contribution in [2.75, 3.05) is 25.0 Å². The second-order valence-corrected chi connectivity index (χ2v) is 6.80. The molecule has 1 atom stereocenters. The molecule has 2 heterocycles. The van der Waals surface area contributed by atoms with E-state index in [9.17, 15) is 9.59 Å². The predicted molar refractivity (Wildman–Crippen MR) is 84.1 cm³/mol. The maximum atomic E-state index is 12.4. The highest BCUT2D eigenvalue weighted by molar-refractivity contribution is 7.15. The van der Waals surface area contributed by atoms with Gasteiger partial charge in [-0.2, -0.15) is 0 Å². The largest absolute Gasteiger partial charge is 0.450 e. The number of hydrogen-bond donors (Lipinski definition) is 1. The van der Waals surface area contributed by atoms with Crippen LogP contribution >= 0.6 is 11.3 Å². The number of amides is 2. The van der Waals surface area contributed by atoms with Crippen molar-refractivity contribution in [3.8, 4) is 0 Å². The number of carbonyl (C=O) groups is 2. The van der Waals surface area contributed by atoms with E-state index in [4.69, 9.17) is 4.74 Å². The SMILES string of the molecule is CCOC(=O)N1CCCC(C(=O)Nc2nc3c(s2)CCC3)C1. The van der Waals surface area contributed by atoms with Gasteiger partial charge in [-0.25, -0.2) is 9.78 Å². The molecule has 1 N–H and O–H groups in total. The van der Waals surface area contributed by atoms with Crippen LogP contribution in [0.5, 0.6) is 0 Å². The summed E-state index contributed by atoms with van der Waals surface area (Å²) >= 11 is 1.58. The molecule has 3 rings (SSSR count). The van der Waals surface area contributed by atoms with Gasteiger partial charge in [0.1, 0.15) is 0 Å². The number of hydrogen-bond acceptors (Lipinski definition) is 5. The molecule has 7 heteroatoms. The van der Waals surface area contributed by atoms with Gasteiger partial charge >= 0.3 is 6.09 Å². The van der Waals surface area contributed by atoms with Gasteiger partial charge in [-0.15, -0.1) is 11.3 Å². The topological polar surface area (TPSA) is 71.5 Å². The Bertz CT molecular complexity index is 551. The molecule has 2 aliphatic rings. The Hall–Kier alpha value is -1.63. The number of thiazole rings is 1. The first-order valence-electron chi connectivity index (χ1n) is 7.88. The summed E-state index contributed by atoms with van der Waals surface area (Å²) in [5.74, 6) is -0.224. The van der Waals surface area contributed by atoms with Crippen LogP contribution < -0.4 is 5.32 Å². The van der Waals surface area contributed by atoms with Crippen molar-refractivity contribution < 1.29 is 14.3 Å². The van der Waals surface area contributed by atoms with Crippen LogP contribution in [-0.2, 0) is 22.4 Å². The van der Waals surface area contributed by atoms with Crippen molar-refractivity contribution in [1.82, 2.24) is 9.88 Å². The van der Waals surface area contributed by atoms with Crippen molar-refractivity contribution in [3.63, 3.8) is 0 Å². The van der Waals surface area contributed by atoms with Crippen molar-refractivity contribution in [2.45, 2.75) is 39.0 Å². The van der Waals surface area contributed by atoms with Crippen molar-refractivity contribution in [3.05, 3.63) is 10.6 Å². The number of aryl methyl sites for hydroxylation is 2. The second-order valence-electron chi connectivity index (χ2n) is 5.72. The number of carbonyl (C=O) groups excluding carboxylic acids is 2. The van der Waals surface area contributed by atoms with Gasteiger partial charge in [0.2, 0.25) is 5.91 Å². The summed E-state index contributed by atoms with van der Waals surface area (Å²) in [5, 5.41) is 3.62. The lowest BCUT2D eigenvalue weighted by Gasteiger charge is -2.30. The molecule has 0 spiro atoms. The van der Waals surface area contributed by atoms with Crippen LogP contribution in [0.15, 0.2) is 0 Å².